The number of nitrogens with one attached hydrogen (secondary N) is 2. The average Bonchev–Trinajstić information content (AvgIpc) is 3.40. The molecule has 0 bridgehead atoms. The summed E-state index contributed by atoms with van der Waals surface area (Å²) in [5.74, 6) is -1.84. The van der Waals surface area contributed by atoms with E-state index >= 15 is 0 Å². The molecule has 2 aliphatic carbocycles. The fourth-order valence-corrected chi connectivity index (χ4v) is 5.13. The summed E-state index contributed by atoms with van der Waals surface area (Å²) in [6.07, 6.45) is -0.00221. The Morgan fingerprint density at radius 3 is 1.97 bits per heavy atom. The van der Waals surface area contributed by atoms with E-state index in [-0.39, 0.29) is 18.6 Å². The van der Waals surface area contributed by atoms with Gasteiger partial charge in [-0.05, 0) is 46.2 Å². The van der Waals surface area contributed by atoms with Crippen molar-refractivity contribution < 1.29 is 24.2 Å². The van der Waals surface area contributed by atoms with Gasteiger partial charge in [-0.15, -0.1) is 0 Å². The largest absolute Gasteiger partial charge is 0.481 e. The molecule has 2 aliphatic rings. The lowest BCUT2D eigenvalue weighted by molar-refractivity contribution is -0.140. The zero-order chi connectivity index (χ0) is 24.4. The van der Waals surface area contributed by atoms with Crippen LogP contribution in [0.5, 0.6) is 0 Å². The molecular weight excluding hydrogens is 444 g/mol. The minimum absolute atomic E-state index is 0.0825. The van der Waals surface area contributed by atoms with E-state index in [9.17, 15) is 19.5 Å². The van der Waals surface area contributed by atoms with Gasteiger partial charge >= 0.3 is 12.1 Å². The van der Waals surface area contributed by atoms with Crippen LogP contribution in [0, 0.1) is 0 Å². The number of amides is 2. The molecule has 1 atom stereocenters. The molecule has 1 unspecified atom stereocenters. The van der Waals surface area contributed by atoms with Crippen LogP contribution < -0.4 is 10.6 Å². The summed E-state index contributed by atoms with van der Waals surface area (Å²) in [4.78, 5) is 36.9. The van der Waals surface area contributed by atoms with Crippen LogP contribution in [-0.2, 0) is 27.2 Å². The molecule has 35 heavy (non-hydrogen) atoms. The molecule has 0 saturated heterocycles. The molecule has 0 aliphatic heterocycles. The first-order valence-electron chi connectivity index (χ1n) is 11.7. The van der Waals surface area contributed by atoms with E-state index in [1.807, 2.05) is 72.8 Å². The summed E-state index contributed by atoms with van der Waals surface area (Å²) in [6, 6.07) is 22.5. The monoisotopic (exact) mass is 470 g/mol. The zero-order valence-electron chi connectivity index (χ0n) is 19.1. The normalized spacial score (nSPS) is 15.0. The van der Waals surface area contributed by atoms with Gasteiger partial charge in [0.25, 0.3) is 0 Å². The molecule has 7 heteroatoms. The molecule has 178 valence electrons. The highest BCUT2D eigenvalue weighted by Crippen LogP contribution is 2.44. The summed E-state index contributed by atoms with van der Waals surface area (Å²) in [6.45, 7) is 0.0825. The van der Waals surface area contributed by atoms with Crippen LogP contribution in [0.2, 0.25) is 0 Å². The number of carboxylic acids is 1. The van der Waals surface area contributed by atoms with Gasteiger partial charge in [0.15, 0.2) is 0 Å². The Balaban J connectivity index is 1.22. The highest BCUT2D eigenvalue weighted by molar-refractivity contribution is 5.89. The van der Waals surface area contributed by atoms with Crippen molar-refractivity contribution in [2.75, 3.05) is 6.61 Å². The van der Waals surface area contributed by atoms with Crippen molar-refractivity contribution >= 4 is 18.0 Å². The highest BCUT2D eigenvalue weighted by Gasteiger charge is 2.31. The molecule has 3 aromatic rings. The lowest BCUT2D eigenvalue weighted by atomic mass is 9.98. The number of carbonyl (C=O) groups is 3. The van der Waals surface area contributed by atoms with E-state index in [4.69, 9.17) is 4.74 Å². The minimum Gasteiger partial charge on any atom is -0.481 e. The third kappa shape index (κ3) is 4.75. The molecule has 7 nitrogen and oxygen atoms in total. The second-order valence-corrected chi connectivity index (χ2v) is 9.00. The van der Waals surface area contributed by atoms with Crippen molar-refractivity contribution in [2.45, 2.75) is 37.3 Å². The Kier molecular flexibility index (Phi) is 6.23. The maximum atomic E-state index is 12.9. The number of rotatable bonds is 7. The predicted octanol–water partition coefficient (Wildman–Crippen LogP) is 3.65. The summed E-state index contributed by atoms with van der Waals surface area (Å²) in [7, 11) is 0. The first kappa shape index (κ1) is 22.7. The molecule has 0 spiro atoms. The van der Waals surface area contributed by atoms with Gasteiger partial charge in [-0.25, -0.2) is 4.79 Å². The van der Waals surface area contributed by atoms with E-state index in [2.05, 4.69) is 10.6 Å². The second-order valence-electron chi connectivity index (χ2n) is 9.00. The smallest absolute Gasteiger partial charge is 0.407 e. The van der Waals surface area contributed by atoms with Gasteiger partial charge in [0.2, 0.25) is 5.91 Å². The molecule has 3 aromatic carbocycles. The van der Waals surface area contributed by atoms with Crippen molar-refractivity contribution in [3.05, 3.63) is 95.1 Å². The van der Waals surface area contributed by atoms with Crippen LogP contribution in [0.25, 0.3) is 11.1 Å². The number of fused-ring (bicyclic) bond motifs is 4. The van der Waals surface area contributed by atoms with E-state index in [1.165, 1.54) is 0 Å². The highest BCUT2D eigenvalue weighted by atomic mass is 16.5. The lowest BCUT2D eigenvalue weighted by Gasteiger charge is -2.20. The van der Waals surface area contributed by atoms with E-state index in [1.54, 1.807) is 0 Å². The zero-order valence-corrected chi connectivity index (χ0v) is 19.1. The van der Waals surface area contributed by atoms with Crippen molar-refractivity contribution in [3.63, 3.8) is 0 Å². The van der Waals surface area contributed by atoms with E-state index in [0.717, 1.165) is 33.4 Å². The second kappa shape index (κ2) is 9.62. The van der Waals surface area contributed by atoms with Crippen molar-refractivity contribution in [2.24, 2.45) is 0 Å². The molecule has 0 heterocycles. The number of ether oxygens (including phenoxy) is 1. The quantitative estimate of drug-likeness (QED) is 0.489. The third-order valence-corrected chi connectivity index (χ3v) is 6.73. The van der Waals surface area contributed by atoms with Gasteiger partial charge in [-0.3, -0.25) is 9.59 Å². The number of hydrogen-bond acceptors (Lipinski definition) is 4. The lowest BCUT2D eigenvalue weighted by Crippen LogP contribution is -2.51. The molecule has 3 N–H and O–H groups in total. The molecule has 0 saturated carbocycles. The maximum Gasteiger partial charge on any atom is 0.407 e. The Morgan fingerprint density at radius 1 is 0.857 bits per heavy atom. The van der Waals surface area contributed by atoms with Gasteiger partial charge in [0.05, 0.1) is 6.42 Å². The molecule has 0 aromatic heterocycles. The Labute approximate surface area is 203 Å². The van der Waals surface area contributed by atoms with Crippen LogP contribution in [-0.4, -0.2) is 41.8 Å². The molecule has 0 fully saturated rings. The van der Waals surface area contributed by atoms with Crippen LogP contribution >= 0.6 is 0 Å². The molecule has 2 amide bonds. The van der Waals surface area contributed by atoms with Crippen LogP contribution in [0.3, 0.4) is 0 Å². The number of carboxylic acid groups (broad SMARTS) is 1. The van der Waals surface area contributed by atoms with Gasteiger partial charge in [-0.2, -0.15) is 0 Å². The van der Waals surface area contributed by atoms with E-state index < -0.39 is 30.4 Å². The first-order valence-corrected chi connectivity index (χ1v) is 11.7. The van der Waals surface area contributed by atoms with Crippen LogP contribution in [0.1, 0.15) is 34.6 Å². The predicted molar refractivity (Wildman–Crippen MR) is 130 cm³/mol. The average molecular weight is 471 g/mol. The Hall–Kier alpha value is -4.13. The Bertz CT molecular complexity index is 1220. The number of alkyl carbamates (subject to hydrolysis) is 1. The number of aliphatic carboxylic acids is 1. The fourth-order valence-electron chi connectivity index (χ4n) is 5.13. The van der Waals surface area contributed by atoms with Crippen molar-refractivity contribution in [1.29, 1.82) is 0 Å². The maximum absolute atomic E-state index is 12.9. The SMILES string of the molecule is O=C(O)CC(NC(=O)OCC1c2ccccc2-c2ccccc21)C(=O)NC1Cc2ccccc2C1. The van der Waals surface area contributed by atoms with Gasteiger partial charge < -0.3 is 20.5 Å². The molecule has 0 radical (unpaired) electrons. The van der Waals surface area contributed by atoms with Crippen molar-refractivity contribution in [1.82, 2.24) is 10.6 Å². The summed E-state index contributed by atoms with van der Waals surface area (Å²) in [5.41, 5.74) is 6.69. The van der Waals surface area contributed by atoms with Crippen LogP contribution in [0.4, 0.5) is 4.79 Å². The summed E-state index contributed by atoms with van der Waals surface area (Å²) in [5, 5.41) is 14.6. The topological polar surface area (TPSA) is 105 Å². The molecule has 5 rings (SSSR count). The minimum atomic E-state index is -1.23. The fraction of sp³-hybridized carbons (Fsp3) is 0.250. The number of carbonyl (C=O) groups excluding carboxylic acids is 2. The van der Waals surface area contributed by atoms with Crippen molar-refractivity contribution in [3.8, 4) is 11.1 Å². The van der Waals surface area contributed by atoms with Gasteiger partial charge in [0.1, 0.15) is 12.6 Å². The number of hydrogen-bond donors (Lipinski definition) is 3. The first-order chi connectivity index (χ1) is 17.0. The van der Waals surface area contributed by atoms with Gasteiger partial charge in [0, 0.05) is 12.0 Å². The third-order valence-electron chi connectivity index (χ3n) is 6.73. The standard InChI is InChI=1S/C28H26N2O5/c31-26(32)15-25(27(33)29-19-13-17-7-1-2-8-18(17)14-19)30-28(34)35-16-24-22-11-5-3-9-20(22)21-10-4-6-12-23(21)24/h1-12,19,24-25H,13-16H2,(H,29,33)(H,30,34)(H,31,32). The van der Waals surface area contributed by atoms with Crippen LogP contribution in [0.15, 0.2) is 72.8 Å². The summed E-state index contributed by atoms with van der Waals surface area (Å²) >= 11 is 0. The number of benzene rings is 3. The van der Waals surface area contributed by atoms with Gasteiger partial charge in [-0.1, -0.05) is 72.8 Å². The molecular formula is C28H26N2O5. The Morgan fingerprint density at radius 2 is 1.40 bits per heavy atom. The summed E-state index contributed by atoms with van der Waals surface area (Å²) < 4.78 is 5.50. The van der Waals surface area contributed by atoms with E-state index in [0.29, 0.717) is 12.8 Å².